The molecule has 0 aromatic heterocycles. The molecular formula is C43H53F2N7O5S. The van der Waals surface area contributed by atoms with Crippen LogP contribution in [0.2, 0.25) is 0 Å². The van der Waals surface area contributed by atoms with Gasteiger partial charge in [0, 0.05) is 62.8 Å². The van der Waals surface area contributed by atoms with E-state index < -0.39 is 21.3 Å². The fraction of sp³-hybridized carbons (Fsp3) is 0.605. The van der Waals surface area contributed by atoms with Crippen LogP contribution in [-0.4, -0.2) is 141 Å². The minimum Gasteiger partial charge on any atom is -0.448 e. The Labute approximate surface area is 340 Å². The third kappa shape index (κ3) is 6.68. The van der Waals surface area contributed by atoms with Gasteiger partial charge in [-0.2, -0.15) is 9.57 Å². The maximum absolute atomic E-state index is 15.7. The second-order valence-corrected chi connectivity index (χ2v) is 19.7. The minimum absolute atomic E-state index is 0.0329. The van der Waals surface area contributed by atoms with E-state index in [0.29, 0.717) is 45.8 Å². The van der Waals surface area contributed by atoms with Crippen molar-refractivity contribution in [2.24, 2.45) is 17.3 Å². The molecule has 1 aliphatic carbocycles. The summed E-state index contributed by atoms with van der Waals surface area (Å²) in [6.07, 6.45) is 7.31. The summed E-state index contributed by atoms with van der Waals surface area (Å²) in [6.45, 7) is 10.6. The van der Waals surface area contributed by atoms with Crippen molar-refractivity contribution >= 4 is 27.7 Å². The van der Waals surface area contributed by atoms with Crippen molar-refractivity contribution in [2.75, 3.05) is 83.5 Å². The van der Waals surface area contributed by atoms with Gasteiger partial charge in [0.05, 0.1) is 23.2 Å². The first-order chi connectivity index (χ1) is 27.9. The van der Waals surface area contributed by atoms with E-state index in [9.17, 15) is 23.3 Å². The number of amides is 2. The number of likely N-dealkylation sites (tertiary alicyclic amines) is 3. The Morgan fingerprint density at radius 3 is 2.40 bits per heavy atom. The number of sulfonamides is 1. The van der Waals surface area contributed by atoms with Gasteiger partial charge < -0.3 is 29.2 Å². The molecule has 2 unspecified atom stereocenters. The van der Waals surface area contributed by atoms with Crippen LogP contribution in [0.15, 0.2) is 60.0 Å². The molecule has 58 heavy (non-hydrogen) atoms. The number of hydrogen-bond donors (Lipinski definition) is 0. The Bertz CT molecular complexity index is 2100. The molecule has 6 aliphatic heterocycles. The maximum Gasteiger partial charge on any atom is 0.410 e. The number of cyclic esters (lactones) is 1. The first-order valence-corrected chi connectivity index (χ1v) is 22.4. The van der Waals surface area contributed by atoms with Crippen molar-refractivity contribution in [1.82, 2.24) is 23.9 Å². The largest absolute Gasteiger partial charge is 0.448 e. The van der Waals surface area contributed by atoms with Crippen molar-refractivity contribution in [1.29, 1.82) is 5.26 Å². The number of halogens is 2. The summed E-state index contributed by atoms with van der Waals surface area (Å²) in [5.74, 6) is -0.717. The van der Waals surface area contributed by atoms with Crippen LogP contribution < -0.4 is 4.90 Å². The van der Waals surface area contributed by atoms with Gasteiger partial charge in [-0.15, -0.1) is 0 Å². The number of rotatable bonds is 12. The normalized spacial score (nSPS) is 28.8. The lowest BCUT2D eigenvalue weighted by Gasteiger charge is -2.55. The Morgan fingerprint density at radius 2 is 1.78 bits per heavy atom. The topological polar surface area (TPSA) is 121 Å². The Hall–Kier alpha value is -4.10. The molecule has 0 N–H and O–H groups in total. The van der Waals surface area contributed by atoms with Crippen molar-refractivity contribution in [3.63, 3.8) is 0 Å². The first-order valence-electron chi connectivity index (χ1n) is 21.0. The second kappa shape index (κ2) is 15.2. The van der Waals surface area contributed by atoms with Crippen LogP contribution in [0, 0.1) is 40.2 Å². The fourth-order valence-corrected chi connectivity index (χ4v) is 13.5. The highest BCUT2D eigenvalue weighted by Crippen LogP contribution is 2.53. The predicted molar refractivity (Wildman–Crippen MR) is 212 cm³/mol. The summed E-state index contributed by atoms with van der Waals surface area (Å²) >= 11 is 0. The van der Waals surface area contributed by atoms with Crippen LogP contribution in [0.5, 0.6) is 0 Å². The van der Waals surface area contributed by atoms with Crippen molar-refractivity contribution < 1.29 is 31.5 Å². The zero-order valence-electron chi connectivity index (χ0n) is 33.0. The van der Waals surface area contributed by atoms with Crippen LogP contribution in [0.4, 0.5) is 19.3 Å². The van der Waals surface area contributed by atoms with E-state index in [4.69, 9.17) is 4.74 Å². The highest BCUT2D eigenvalue weighted by Gasteiger charge is 2.56. The highest BCUT2D eigenvalue weighted by atomic mass is 32.2. The molecule has 2 amide bonds. The second-order valence-electron chi connectivity index (χ2n) is 17.8. The zero-order valence-corrected chi connectivity index (χ0v) is 33.8. The third-order valence-electron chi connectivity index (χ3n) is 14.7. The zero-order chi connectivity index (χ0) is 40.4. The molecule has 7 fully saturated rings. The number of piperidine rings is 1. The van der Waals surface area contributed by atoms with E-state index in [0.717, 1.165) is 82.9 Å². The molecule has 2 aromatic rings. The molecule has 5 atom stereocenters. The highest BCUT2D eigenvalue weighted by molar-refractivity contribution is 7.89. The van der Waals surface area contributed by atoms with Gasteiger partial charge in [-0.05, 0) is 119 Å². The van der Waals surface area contributed by atoms with Crippen molar-refractivity contribution in [2.45, 2.75) is 73.4 Å². The molecule has 0 radical (unpaired) electrons. The maximum atomic E-state index is 15.7. The van der Waals surface area contributed by atoms with Crippen LogP contribution in [0.25, 0.3) is 0 Å². The number of piperazine rings is 1. The number of hydrogen-bond acceptors (Lipinski definition) is 9. The van der Waals surface area contributed by atoms with Crippen LogP contribution >= 0.6 is 0 Å². The quantitative estimate of drug-likeness (QED) is 0.287. The van der Waals surface area contributed by atoms with E-state index in [1.54, 1.807) is 11.0 Å². The summed E-state index contributed by atoms with van der Waals surface area (Å²) in [5, 5.41) is 10.5. The molecule has 2 bridgehead atoms. The van der Waals surface area contributed by atoms with Crippen LogP contribution in [-0.2, 0) is 25.0 Å². The summed E-state index contributed by atoms with van der Waals surface area (Å²) in [7, 11) is -3.97. The van der Waals surface area contributed by atoms with Crippen molar-refractivity contribution in [3.05, 3.63) is 72.3 Å². The summed E-state index contributed by atoms with van der Waals surface area (Å²) in [5.41, 5.74) is 0.214. The van der Waals surface area contributed by atoms with Gasteiger partial charge in [-0.1, -0.05) is 25.1 Å². The average molecular weight is 818 g/mol. The van der Waals surface area contributed by atoms with Crippen molar-refractivity contribution in [3.8, 4) is 6.07 Å². The van der Waals surface area contributed by atoms with Gasteiger partial charge in [0.1, 0.15) is 23.7 Å². The molecule has 2 aromatic carbocycles. The summed E-state index contributed by atoms with van der Waals surface area (Å²) in [6, 6.07) is 13.2. The Morgan fingerprint density at radius 1 is 0.983 bits per heavy atom. The molecule has 6 heterocycles. The number of nitriles is 1. The molecule has 0 spiro atoms. The lowest BCUT2D eigenvalue weighted by molar-refractivity contribution is -0.127. The average Bonchev–Trinajstić information content (AvgIpc) is 4.02. The van der Waals surface area contributed by atoms with E-state index in [1.807, 2.05) is 15.9 Å². The SMILES string of the molecule is C=CC(=O)N1CC2C[C@H]1CN2S(=O)(=O)c1ccc(N2CC(C#N)(CN3CCC(C(CN4CCC4)(c4cccc(F)c4)[C@H]4CCC[C@@H]4N4CCOC4=O)CC3)C2)c(F)c1. The van der Waals surface area contributed by atoms with E-state index in [2.05, 4.69) is 28.5 Å². The van der Waals surface area contributed by atoms with Gasteiger partial charge >= 0.3 is 6.09 Å². The number of fused-ring (bicyclic) bond motifs is 2. The molecular weight excluding hydrogens is 765 g/mol. The molecule has 1 saturated carbocycles. The lowest BCUT2D eigenvalue weighted by atomic mass is 9.57. The standard InChI is InChI=1S/C43H53F2N7O5S/c1-2-40(53)51-23-34-21-33(51)24-52(34)58(55,56)35-10-11-39(37(45)22-35)49-27-42(25-46,28-49)26-48-16-12-30(13-17-48)43(29-47-14-5-15-47,31-6-3-7-32(44)20-31)36-8-4-9-38(36)50-18-19-57-41(50)54/h2-3,6-7,10-11,20,22,30,33-34,36,38H,1,4-5,8-9,12-19,21,23-24,26-29H2/t33-,34?,36-,38-,43?/m0/s1. The number of nitrogens with zero attached hydrogens (tertiary/aromatic N) is 7. The van der Waals surface area contributed by atoms with E-state index >= 15 is 8.78 Å². The van der Waals surface area contributed by atoms with E-state index in [-0.39, 0.29) is 70.3 Å². The number of carbonyl (C=O) groups is 2. The number of benzene rings is 2. The van der Waals surface area contributed by atoms with Gasteiger partial charge in [0.25, 0.3) is 0 Å². The lowest BCUT2D eigenvalue weighted by Crippen LogP contribution is -2.62. The van der Waals surface area contributed by atoms with Gasteiger partial charge in [-0.25, -0.2) is 22.0 Å². The molecule has 7 aliphatic rings. The van der Waals surface area contributed by atoms with Gasteiger partial charge in [0.15, 0.2) is 0 Å². The molecule has 12 nitrogen and oxygen atoms in total. The minimum atomic E-state index is -3.97. The van der Waals surface area contributed by atoms with Crippen LogP contribution in [0.3, 0.4) is 0 Å². The van der Waals surface area contributed by atoms with Gasteiger partial charge in [0.2, 0.25) is 15.9 Å². The Kier molecular flexibility index (Phi) is 10.3. The van der Waals surface area contributed by atoms with Crippen LogP contribution in [0.1, 0.15) is 50.5 Å². The molecule has 15 heteroatoms. The fourth-order valence-electron chi connectivity index (χ4n) is 11.8. The van der Waals surface area contributed by atoms with E-state index in [1.165, 1.54) is 28.6 Å². The summed E-state index contributed by atoms with van der Waals surface area (Å²) < 4.78 is 64.9. The monoisotopic (exact) mass is 817 g/mol. The number of carbonyl (C=O) groups excluding carboxylic acids is 2. The number of anilines is 1. The van der Waals surface area contributed by atoms with Gasteiger partial charge in [-0.3, -0.25) is 4.79 Å². The molecule has 6 saturated heterocycles. The third-order valence-corrected chi connectivity index (χ3v) is 16.6. The number of ether oxygens (including phenoxy) is 1. The first kappa shape index (κ1) is 39.4. The predicted octanol–water partition coefficient (Wildman–Crippen LogP) is 4.43. The smallest absolute Gasteiger partial charge is 0.410 e. The molecule has 310 valence electrons. The summed E-state index contributed by atoms with van der Waals surface area (Å²) in [4.78, 5) is 35.3. The molecule has 9 rings (SSSR count). The Balaban J connectivity index is 0.882.